The summed E-state index contributed by atoms with van der Waals surface area (Å²) in [4.78, 5) is 40.0. The van der Waals surface area contributed by atoms with E-state index in [2.05, 4.69) is 9.97 Å². The lowest BCUT2D eigenvalue weighted by Gasteiger charge is -2.39. The van der Waals surface area contributed by atoms with Crippen LogP contribution in [0.5, 0.6) is 0 Å². The third kappa shape index (κ3) is 4.69. The highest BCUT2D eigenvalue weighted by molar-refractivity contribution is 5.98. The van der Waals surface area contributed by atoms with E-state index in [9.17, 15) is 14.0 Å². The van der Waals surface area contributed by atoms with Crippen molar-refractivity contribution < 1.29 is 14.0 Å². The van der Waals surface area contributed by atoms with E-state index in [4.69, 9.17) is 0 Å². The molecule has 0 saturated carbocycles. The minimum atomic E-state index is -0.661. The molecule has 1 saturated heterocycles. The quantitative estimate of drug-likeness (QED) is 0.602. The van der Waals surface area contributed by atoms with Crippen LogP contribution in [0.15, 0.2) is 60.9 Å². The largest absolute Gasteiger partial charge is 0.347 e. The smallest absolute Gasteiger partial charge is 0.257 e. The first-order valence-corrected chi connectivity index (χ1v) is 10.7. The number of rotatable bonds is 5. The van der Waals surface area contributed by atoms with Gasteiger partial charge in [0.1, 0.15) is 11.9 Å². The normalized spacial score (nSPS) is 16.1. The molecule has 3 aromatic rings. The zero-order valence-electron chi connectivity index (χ0n) is 18.9. The Hall–Kier alpha value is -3.81. The molecule has 7 nitrogen and oxygen atoms in total. The number of halogens is 1. The summed E-state index contributed by atoms with van der Waals surface area (Å²) in [6, 6.07) is 13.3. The molecule has 0 aliphatic carbocycles. The van der Waals surface area contributed by atoms with Crippen LogP contribution in [0.4, 0.5) is 10.3 Å². The number of benzene rings is 2. The van der Waals surface area contributed by atoms with Gasteiger partial charge in [-0.25, -0.2) is 14.4 Å². The first-order valence-electron chi connectivity index (χ1n) is 10.7. The molecular weight excluding hydrogens is 421 g/mol. The first-order chi connectivity index (χ1) is 15.8. The van der Waals surface area contributed by atoms with Crippen molar-refractivity contribution in [3.8, 4) is 11.1 Å². The van der Waals surface area contributed by atoms with E-state index in [1.807, 2.05) is 38.4 Å². The Balaban J connectivity index is 1.65. The standard InChI is InChI=1S/C25H26FN5O2/c1-29(2)25-27-15-19(16-28-25)23(32)31-13-12-30(3)24(33)22(31)14-18-6-4-5-7-21(18)17-8-10-20(26)11-9-17/h4-11,15-16,22H,12-14H2,1-3H3/t22-/m0/s1. The van der Waals surface area contributed by atoms with E-state index >= 15 is 0 Å². The molecule has 1 fully saturated rings. The van der Waals surface area contributed by atoms with Gasteiger partial charge in [0.15, 0.2) is 0 Å². The van der Waals surface area contributed by atoms with Crippen molar-refractivity contribution in [1.29, 1.82) is 0 Å². The van der Waals surface area contributed by atoms with Gasteiger partial charge in [-0.15, -0.1) is 0 Å². The summed E-state index contributed by atoms with van der Waals surface area (Å²) in [6.45, 7) is 0.872. The Morgan fingerprint density at radius 2 is 1.73 bits per heavy atom. The third-order valence-corrected chi connectivity index (χ3v) is 5.85. The van der Waals surface area contributed by atoms with Crippen molar-refractivity contribution >= 4 is 17.8 Å². The number of aromatic nitrogens is 2. The van der Waals surface area contributed by atoms with E-state index in [0.717, 1.165) is 16.7 Å². The summed E-state index contributed by atoms with van der Waals surface area (Å²) in [5.41, 5.74) is 3.02. The predicted molar refractivity (Wildman–Crippen MR) is 124 cm³/mol. The molecular formula is C25H26FN5O2. The van der Waals surface area contributed by atoms with E-state index in [1.54, 1.807) is 33.9 Å². The number of piperazine rings is 1. The van der Waals surface area contributed by atoms with Gasteiger partial charge in [-0.05, 0) is 28.8 Å². The molecule has 1 aromatic heterocycles. The molecule has 4 rings (SSSR count). The second kappa shape index (κ2) is 9.36. The Kier molecular flexibility index (Phi) is 6.35. The zero-order chi connectivity index (χ0) is 23.5. The zero-order valence-corrected chi connectivity index (χ0v) is 18.9. The molecule has 0 bridgehead atoms. The first kappa shape index (κ1) is 22.4. The molecule has 1 aliphatic heterocycles. The average Bonchev–Trinajstić information content (AvgIpc) is 2.83. The second-order valence-corrected chi connectivity index (χ2v) is 8.31. The Morgan fingerprint density at radius 3 is 2.39 bits per heavy atom. The number of likely N-dealkylation sites (N-methyl/N-ethyl adjacent to an activating group) is 1. The van der Waals surface area contributed by atoms with Gasteiger partial charge in [0.25, 0.3) is 5.91 Å². The van der Waals surface area contributed by atoms with Crippen molar-refractivity contribution in [3.05, 3.63) is 77.9 Å². The molecule has 170 valence electrons. The van der Waals surface area contributed by atoms with Crippen LogP contribution in [-0.4, -0.2) is 71.9 Å². The molecule has 0 N–H and O–H groups in total. The number of nitrogens with zero attached hydrogens (tertiary/aromatic N) is 5. The maximum atomic E-state index is 13.4. The van der Waals surface area contributed by atoms with E-state index < -0.39 is 6.04 Å². The molecule has 0 spiro atoms. The summed E-state index contributed by atoms with van der Waals surface area (Å²) < 4.78 is 13.4. The lowest BCUT2D eigenvalue weighted by Crippen LogP contribution is -2.58. The fourth-order valence-corrected chi connectivity index (χ4v) is 4.00. The molecule has 1 aliphatic rings. The summed E-state index contributed by atoms with van der Waals surface area (Å²) in [6.07, 6.45) is 3.34. The van der Waals surface area contributed by atoms with Gasteiger partial charge in [-0.2, -0.15) is 0 Å². The SMILES string of the molecule is CN1CCN(C(=O)c2cnc(N(C)C)nc2)[C@@H](Cc2ccccc2-c2ccc(F)cc2)C1=O. The lowest BCUT2D eigenvalue weighted by atomic mass is 9.93. The minimum Gasteiger partial charge on any atom is -0.347 e. The molecule has 33 heavy (non-hydrogen) atoms. The number of amides is 2. The second-order valence-electron chi connectivity index (χ2n) is 8.31. The van der Waals surface area contributed by atoms with E-state index in [1.165, 1.54) is 24.5 Å². The number of hydrogen-bond acceptors (Lipinski definition) is 5. The third-order valence-electron chi connectivity index (χ3n) is 5.85. The maximum Gasteiger partial charge on any atom is 0.257 e. The number of carbonyl (C=O) groups excluding carboxylic acids is 2. The van der Waals surface area contributed by atoms with Crippen LogP contribution in [0.2, 0.25) is 0 Å². The molecule has 2 amide bonds. The lowest BCUT2D eigenvalue weighted by molar-refractivity contribution is -0.138. The molecule has 2 heterocycles. The van der Waals surface area contributed by atoms with Crippen molar-refractivity contribution in [2.24, 2.45) is 0 Å². The van der Waals surface area contributed by atoms with Crippen LogP contribution in [0, 0.1) is 5.82 Å². The summed E-state index contributed by atoms with van der Waals surface area (Å²) in [5.74, 6) is -0.189. The summed E-state index contributed by atoms with van der Waals surface area (Å²) >= 11 is 0. The van der Waals surface area contributed by atoms with Crippen LogP contribution in [0.1, 0.15) is 15.9 Å². The van der Waals surface area contributed by atoms with Gasteiger partial charge < -0.3 is 14.7 Å². The maximum absolute atomic E-state index is 13.4. The molecule has 2 aromatic carbocycles. The summed E-state index contributed by atoms with van der Waals surface area (Å²) in [7, 11) is 5.40. The van der Waals surface area contributed by atoms with Crippen LogP contribution in [0.25, 0.3) is 11.1 Å². The fraction of sp³-hybridized carbons (Fsp3) is 0.280. The van der Waals surface area contributed by atoms with Crippen LogP contribution in [-0.2, 0) is 11.2 Å². The van der Waals surface area contributed by atoms with Gasteiger partial charge in [0.05, 0.1) is 5.56 Å². The van der Waals surface area contributed by atoms with Crippen molar-refractivity contribution in [1.82, 2.24) is 19.8 Å². The average molecular weight is 448 g/mol. The van der Waals surface area contributed by atoms with E-state index in [0.29, 0.717) is 31.0 Å². The predicted octanol–water partition coefficient (Wildman–Crippen LogP) is 2.87. The number of hydrogen-bond donors (Lipinski definition) is 0. The Labute approximate surface area is 192 Å². The number of carbonyl (C=O) groups is 2. The highest BCUT2D eigenvalue weighted by Crippen LogP contribution is 2.27. The van der Waals surface area contributed by atoms with Crippen LogP contribution < -0.4 is 4.90 Å². The van der Waals surface area contributed by atoms with Crippen molar-refractivity contribution in [3.63, 3.8) is 0 Å². The highest BCUT2D eigenvalue weighted by atomic mass is 19.1. The Bertz CT molecular complexity index is 1150. The number of anilines is 1. The van der Waals surface area contributed by atoms with Crippen molar-refractivity contribution in [2.45, 2.75) is 12.5 Å². The highest BCUT2D eigenvalue weighted by Gasteiger charge is 2.37. The van der Waals surface area contributed by atoms with Crippen molar-refractivity contribution in [2.75, 3.05) is 39.1 Å². The van der Waals surface area contributed by atoms with Gasteiger partial charge in [-0.3, -0.25) is 9.59 Å². The van der Waals surface area contributed by atoms with Crippen LogP contribution in [0.3, 0.4) is 0 Å². The molecule has 0 radical (unpaired) electrons. The van der Waals surface area contributed by atoms with Gasteiger partial charge in [0, 0.05) is 53.0 Å². The molecule has 1 atom stereocenters. The van der Waals surface area contributed by atoms with Crippen LogP contribution >= 0.6 is 0 Å². The van der Waals surface area contributed by atoms with Gasteiger partial charge in [0.2, 0.25) is 11.9 Å². The van der Waals surface area contributed by atoms with Gasteiger partial charge >= 0.3 is 0 Å². The molecule has 0 unspecified atom stereocenters. The minimum absolute atomic E-state index is 0.116. The molecule has 8 heteroatoms. The Morgan fingerprint density at radius 1 is 1.06 bits per heavy atom. The van der Waals surface area contributed by atoms with E-state index in [-0.39, 0.29) is 17.6 Å². The topological polar surface area (TPSA) is 69.6 Å². The monoisotopic (exact) mass is 447 g/mol. The fourth-order valence-electron chi connectivity index (χ4n) is 4.00. The van der Waals surface area contributed by atoms with Gasteiger partial charge in [-0.1, -0.05) is 36.4 Å². The summed E-state index contributed by atoms with van der Waals surface area (Å²) in [5, 5.41) is 0.